The minimum Gasteiger partial charge on any atom is -0.347 e. The SMILES string of the molecule is CCCNC(CCS(C)(=O)=O)c1ncc[nH]1. The molecule has 0 saturated heterocycles. The fraction of sp³-hybridized carbons (Fsp3) is 0.700. The Hall–Kier alpha value is -0.880. The summed E-state index contributed by atoms with van der Waals surface area (Å²) in [6.07, 6.45) is 6.24. The van der Waals surface area contributed by atoms with E-state index in [2.05, 4.69) is 22.2 Å². The minimum absolute atomic E-state index is 0.00956. The largest absolute Gasteiger partial charge is 0.347 e. The molecule has 0 radical (unpaired) electrons. The summed E-state index contributed by atoms with van der Waals surface area (Å²) in [5.41, 5.74) is 0. The van der Waals surface area contributed by atoms with Crippen molar-refractivity contribution < 1.29 is 8.42 Å². The van der Waals surface area contributed by atoms with Gasteiger partial charge >= 0.3 is 0 Å². The van der Waals surface area contributed by atoms with Gasteiger partial charge in [-0.1, -0.05) is 6.92 Å². The molecule has 1 aromatic heterocycles. The first-order valence-electron chi connectivity index (χ1n) is 5.43. The summed E-state index contributed by atoms with van der Waals surface area (Å²) >= 11 is 0. The second-order valence-corrected chi connectivity index (χ2v) is 6.16. The van der Waals surface area contributed by atoms with Gasteiger partial charge in [-0.3, -0.25) is 0 Å². The third-order valence-corrected chi connectivity index (χ3v) is 3.24. The average Bonchev–Trinajstić information content (AvgIpc) is 2.69. The van der Waals surface area contributed by atoms with E-state index in [9.17, 15) is 8.42 Å². The Balaban J connectivity index is 2.58. The summed E-state index contributed by atoms with van der Waals surface area (Å²) in [4.78, 5) is 7.17. The molecule has 0 aliphatic carbocycles. The van der Waals surface area contributed by atoms with E-state index >= 15 is 0 Å². The summed E-state index contributed by atoms with van der Waals surface area (Å²) in [7, 11) is -2.92. The molecule has 1 heterocycles. The first-order valence-corrected chi connectivity index (χ1v) is 7.49. The van der Waals surface area contributed by atoms with Crippen LogP contribution in [0.15, 0.2) is 12.4 Å². The summed E-state index contributed by atoms with van der Waals surface area (Å²) in [6, 6.07) is -0.00956. The van der Waals surface area contributed by atoms with Gasteiger partial charge in [0.15, 0.2) is 0 Å². The molecular formula is C10H19N3O2S. The molecule has 1 aromatic rings. The summed E-state index contributed by atoms with van der Waals surface area (Å²) < 4.78 is 22.2. The van der Waals surface area contributed by atoms with Crippen LogP contribution < -0.4 is 5.32 Å². The molecule has 6 heteroatoms. The lowest BCUT2D eigenvalue weighted by atomic mass is 10.2. The van der Waals surface area contributed by atoms with E-state index in [4.69, 9.17) is 0 Å². The smallest absolute Gasteiger partial charge is 0.147 e. The van der Waals surface area contributed by atoms with Crippen LogP contribution in [-0.4, -0.2) is 36.9 Å². The van der Waals surface area contributed by atoms with Gasteiger partial charge in [0.1, 0.15) is 15.7 Å². The number of aromatic nitrogens is 2. The number of sulfone groups is 1. The average molecular weight is 245 g/mol. The zero-order chi connectivity index (χ0) is 12.0. The fourth-order valence-corrected chi connectivity index (χ4v) is 2.12. The van der Waals surface area contributed by atoms with Crippen molar-refractivity contribution in [3.63, 3.8) is 0 Å². The number of hydrogen-bond acceptors (Lipinski definition) is 4. The van der Waals surface area contributed by atoms with Gasteiger partial charge in [-0.05, 0) is 19.4 Å². The Kier molecular flexibility index (Phi) is 4.95. The number of imidazole rings is 1. The molecule has 92 valence electrons. The zero-order valence-corrected chi connectivity index (χ0v) is 10.5. The van der Waals surface area contributed by atoms with Crippen molar-refractivity contribution in [2.45, 2.75) is 25.8 Å². The summed E-state index contributed by atoms with van der Waals surface area (Å²) in [5.74, 6) is 0.979. The van der Waals surface area contributed by atoms with E-state index in [1.165, 1.54) is 6.26 Å². The number of nitrogens with one attached hydrogen (secondary N) is 2. The lowest BCUT2D eigenvalue weighted by Crippen LogP contribution is -2.25. The normalized spacial score (nSPS) is 13.9. The van der Waals surface area contributed by atoms with Crippen LogP contribution >= 0.6 is 0 Å². The Morgan fingerprint density at radius 3 is 2.81 bits per heavy atom. The van der Waals surface area contributed by atoms with Crippen molar-refractivity contribution in [3.05, 3.63) is 18.2 Å². The molecule has 1 atom stereocenters. The van der Waals surface area contributed by atoms with E-state index in [0.717, 1.165) is 18.8 Å². The van der Waals surface area contributed by atoms with Gasteiger partial charge in [0, 0.05) is 18.6 Å². The van der Waals surface area contributed by atoms with Gasteiger partial charge in [0.05, 0.1) is 11.8 Å². The van der Waals surface area contributed by atoms with Crippen molar-refractivity contribution in [1.29, 1.82) is 0 Å². The van der Waals surface area contributed by atoms with E-state index in [1.807, 2.05) is 0 Å². The van der Waals surface area contributed by atoms with Crippen molar-refractivity contribution in [1.82, 2.24) is 15.3 Å². The predicted octanol–water partition coefficient (Wildman–Crippen LogP) is 0.885. The molecule has 1 unspecified atom stereocenters. The molecule has 0 aliphatic heterocycles. The van der Waals surface area contributed by atoms with Crippen LogP contribution in [-0.2, 0) is 9.84 Å². The second kappa shape index (κ2) is 6.00. The molecule has 16 heavy (non-hydrogen) atoms. The molecule has 0 saturated carbocycles. The highest BCUT2D eigenvalue weighted by Gasteiger charge is 2.15. The number of hydrogen-bond donors (Lipinski definition) is 2. The van der Waals surface area contributed by atoms with Gasteiger partial charge in [0.2, 0.25) is 0 Å². The molecule has 0 aromatic carbocycles. The van der Waals surface area contributed by atoms with Gasteiger partial charge < -0.3 is 10.3 Å². The van der Waals surface area contributed by atoms with Gasteiger partial charge in [0.25, 0.3) is 0 Å². The highest BCUT2D eigenvalue weighted by Crippen LogP contribution is 2.12. The Labute approximate surface area is 96.6 Å². The summed E-state index contributed by atoms with van der Waals surface area (Å²) in [5, 5.41) is 3.29. The Bertz CT molecular complexity index is 386. The molecule has 0 fully saturated rings. The fourth-order valence-electron chi connectivity index (χ4n) is 1.45. The van der Waals surface area contributed by atoms with E-state index in [-0.39, 0.29) is 11.8 Å². The van der Waals surface area contributed by atoms with Crippen LogP contribution in [0.25, 0.3) is 0 Å². The number of rotatable bonds is 7. The number of H-pyrrole nitrogens is 1. The highest BCUT2D eigenvalue weighted by atomic mass is 32.2. The third-order valence-electron chi connectivity index (χ3n) is 2.27. The topological polar surface area (TPSA) is 74.8 Å². The molecule has 0 amide bonds. The monoisotopic (exact) mass is 245 g/mol. The molecule has 0 aliphatic rings. The summed E-state index contributed by atoms with van der Waals surface area (Å²) in [6.45, 7) is 2.93. The Morgan fingerprint density at radius 1 is 1.56 bits per heavy atom. The molecule has 5 nitrogen and oxygen atoms in total. The van der Waals surface area contributed by atoms with Crippen molar-refractivity contribution in [2.24, 2.45) is 0 Å². The number of nitrogens with zero attached hydrogens (tertiary/aromatic N) is 1. The second-order valence-electron chi connectivity index (χ2n) is 3.90. The van der Waals surface area contributed by atoms with Crippen LogP contribution in [0.5, 0.6) is 0 Å². The van der Waals surface area contributed by atoms with E-state index < -0.39 is 9.84 Å². The zero-order valence-electron chi connectivity index (χ0n) is 9.73. The molecule has 0 spiro atoms. The van der Waals surface area contributed by atoms with Crippen LogP contribution in [0.1, 0.15) is 31.6 Å². The lowest BCUT2D eigenvalue weighted by molar-refractivity contribution is 0.495. The van der Waals surface area contributed by atoms with Crippen LogP contribution in [0.3, 0.4) is 0 Å². The third kappa shape index (κ3) is 4.76. The van der Waals surface area contributed by atoms with Crippen molar-refractivity contribution >= 4 is 9.84 Å². The minimum atomic E-state index is -2.92. The van der Waals surface area contributed by atoms with E-state index in [0.29, 0.717) is 6.42 Å². The van der Waals surface area contributed by atoms with Crippen LogP contribution in [0.2, 0.25) is 0 Å². The van der Waals surface area contributed by atoms with E-state index in [1.54, 1.807) is 12.4 Å². The quantitative estimate of drug-likeness (QED) is 0.748. The maximum atomic E-state index is 11.1. The maximum Gasteiger partial charge on any atom is 0.147 e. The maximum absolute atomic E-state index is 11.1. The standard InChI is InChI=1S/C10H19N3O2S/c1-3-5-11-9(4-8-16(2,14)15)10-12-6-7-13-10/h6-7,9,11H,3-5,8H2,1-2H3,(H,12,13). The molecule has 0 bridgehead atoms. The molecule has 1 rings (SSSR count). The molecule has 2 N–H and O–H groups in total. The van der Waals surface area contributed by atoms with Crippen LogP contribution in [0.4, 0.5) is 0 Å². The van der Waals surface area contributed by atoms with Gasteiger partial charge in [-0.25, -0.2) is 13.4 Å². The predicted molar refractivity (Wildman–Crippen MR) is 64.0 cm³/mol. The van der Waals surface area contributed by atoms with Gasteiger partial charge in [-0.15, -0.1) is 0 Å². The first kappa shape index (κ1) is 13.2. The van der Waals surface area contributed by atoms with Crippen LogP contribution in [0, 0.1) is 0 Å². The first-order chi connectivity index (χ1) is 7.53. The van der Waals surface area contributed by atoms with Crippen molar-refractivity contribution in [3.8, 4) is 0 Å². The van der Waals surface area contributed by atoms with Crippen molar-refractivity contribution in [2.75, 3.05) is 18.6 Å². The number of aromatic amines is 1. The lowest BCUT2D eigenvalue weighted by Gasteiger charge is -2.15. The Morgan fingerprint density at radius 2 is 2.31 bits per heavy atom. The highest BCUT2D eigenvalue weighted by molar-refractivity contribution is 7.90. The van der Waals surface area contributed by atoms with Gasteiger partial charge in [-0.2, -0.15) is 0 Å². The molecular weight excluding hydrogens is 226 g/mol.